The molecule has 1 fully saturated rings. The van der Waals surface area contributed by atoms with Gasteiger partial charge in [0.1, 0.15) is 5.57 Å². The molecule has 2 aromatic carbocycles. The maximum atomic E-state index is 13.0. The quantitative estimate of drug-likeness (QED) is 0.255. The molecule has 2 aromatic rings. The van der Waals surface area contributed by atoms with Crippen LogP contribution in [-0.2, 0) is 9.59 Å². The van der Waals surface area contributed by atoms with Gasteiger partial charge in [0.2, 0.25) is 0 Å². The summed E-state index contributed by atoms with van der Waals surface area (Å²) in [5.74, 6) is -0.245. The Hall–Kier alpha value is -3.61. The van der Waals surface area contributed by atoms with Crippen LogP contribution in [-0.4, -0.2) is 31.1 Å². The fourth-order valence-corrected chi connectivity index (χ4v) is 3.70. The Kier molecular flexibility index (Phi) is 9.26. The lowest BCUT2D eigenvalue weighted by molar-refractivity contribution is -0.122. The van der Waals surface area contributed by atoms with E-state index in [4.69, 9.17) is 9.47 Å². The molecule has 0 radical (unpaired) electrons. The van der Waals surface area contributed by atoms with Gasteiger partial charge in [0.05, 0.1) is 18.9 Å². The second-order valence-electron chi connectivity index (χ2n) is 8.05. The highest BCUT2D eigenvalue weighted by Gasteiger charge is 2.36. The van der Waals surface area contributed by atoms with Crippen LogP contribution >= 0.6 is 0 Å². The summed E-state index contributed by atoms with van der Waals surface area (Å²) in [7, 11) is 0. The number of ether oxygens (including phenoxy) is 2. The number of hydrogen-bond acceptors (Lipinski definition) is 5. The van der Waals surface area contributed by atoms with E-state index in [1.54, 1.807) is 48.5 Å². The van der Waals surface area contributed by atoms with E-state index >= 15 is 0 Å². The third-order valence-electron chi connectivity index (χ3n) is 5.45. The highest BCUT2D eigenvalue weighted by Crippen LogP contribution is 2.30. The average Bonchev–Trinajstić information content (AvgIpc) is 2.83. The van der Waals surface area contributed by atoms with Gasteiger partial charge in [-0.1, -0.05) is 63.3 Å². The van der Waals surface area contributed by atoms with Crippen molar-refractivity contribution in [1.29, 1.82) is 0 Å². The summed E-state index contributed by atoms with van der Waals surface area (Å²) in [6.07, 6.45) is 8.51. The number of urea groups is 1. The number of anilines is 1. The van der Waals surface area contributed by atoms with Crippen molar-refractivity contribution in [2.75, 3.05) is 18.1 Å². The molecule has 1 saturated heterocycles. The summed E-state index contributed by atoms with van der Waals surface area (Å²) in [4.78, 5) is 38.7. The Morgan fingerprint density at radius 3 is 2.32 bits per heavy atom. The van der Waals surface area contributed by atoms with Crippen molar-refractivity contribution in [3.05, 3.63) is 59.7 Å². The van der Waals surface area contributed by atoms with Gasteiger partial charge in [0, 0.05) is 0 Å². The number of imide groups is 2. The topological polar surface area (TPSA) is 84.9 Å². The monoisotopic (exact) mass is 464 g/mol. The Labute approximate surface area is 200 Å². The van der Waals surface area contributed by atoms with Crippen molar-refractivity contribution in [1.82, 2.24) is 5.32 Å². The fourth-order valence-electron chi connectivity index (χ4n) is 3.70. The van der Waals surface area contributed by atoms with E-state index in [1.807, 2.05) is 6.92 Å². The molecule has 1 N–H and O–H groups in total. The summed E-state index contributed by atoms with van der Waals surface area (Å²) in [5.41, 5.74) is 0.847. The second-order valence-corrected chi connectivity index (χ2v) is 8.05. The Bertz CT molecular complexity index is 1030. The third-order valence-corrected chi connectivity index (χ3v) is 5.45. The molecule has 0 bridgehead atoms. The van der Waals surface area contributed by atoms with Gasteiger partial charge >= 0.3 is 6.03 Å². The lowest BCUT2D eigenvalue weighted by Crippen LogP contribution is -2.54. The van der Waals surface area contributed by atoms with Gasteiger partial charge < -0.3 is 9.47 Å². The Morgan fingerprint density at radius 2 is 1.59 bits per heavy atom. The number of nitrogens with one attached hydrogen (secondary N) is 1. The molecule has 0 saturated carbocycles. The normalized spacial score (nSPS) is 14.9. The van der Waals surface area contributed by atoms with Crippen LogP contribution in [0.3, 0.4) is 0 Å². The highest BCUT2D eigenvalue weighted by molar-refractivity contribution is 6.39. The van der Waals surface area contributed by atoms with Gasteiger partial charge in [-0.15, -0.1) is 0 Å². The average molecular weight is 465 g/mol. The van der Waals surface area contributed by atoms with Crippen LogP contribution in [0, 0.1) is 0 Å². The number of unbranched alkanes of at least 4 members (excludes halogenated alkanes) is 5. The number of benzene rings is 2. The molecule has 1 heterocycles. The molecule has 0 unspecified atom stereocenters. The van der Waals surface area contributed by atoms with Crippen molar-refractivity contribution in [3.8, 4) is 11.5 Å². The number of hydrogen-bond donors (Lipinski definition) is 1. The van der Waals surface area contributed by atoms with Crippen molar-refractivity contribution < 1.29 is 23.9 Å². The molecule has 4 amide bonds. The van der Waals surface area contributed by atoms with Gasteiger partial charge in [-0.05, 0) is 49.2 Å². The first kappa shape index (κ1) is 25.0. The standard InChI is InChI=1S/C27H32N2O5/c1-3-5-6-7-8-12-17-34-23-16-15-20(19-24(23)33-4-2)18-22-25(30)28-27(32)29(26(22)31)21-13-10-9-11-14-21/h9-11,13-16,18-19H,3-8,12,17H2,1-2H3,(H,28,30,32). The smallest absolute Gasteiger partial charge is 0.335 e. The van der Waals surface area contributed by atoms with Crippen LogP contribution in [0.4, 0.5) is 10.5 Å². The van der Waals surface area contributed by atoms with E-state index in [-0.39, 0.29) is 5.57 Å². The van der Waals surface area contributed by atoms with Gasteiger partial charge in [-0.2, -0.15) is 0 Å². The largest absolute Gasteiger partial charge is 0.490 e. The Balaban J connectivity index is 1.74. The Morgan fingerprint density at radius 1 is 0.853 bits per heavy atom. The number of carbonyl (C=O) groups excluding carboxylic acids is 3. The van der Waals surface area contributed by atoms with Crippen LogP contribution < -0.4 is 19.7 Å². The lowest BCUT2D eigenvalue weighted by atomic mass is 10.1. The number of para-hydroxylation sites is 1. The fraction of sp³-hybridized carbons (Fsp3) is 0.370. The predicted octanol–water partition coefficient (Wildman–Crippen LogP) is 5.49. The molecular weight excluding hydrogens is 432 g/mol. The number of rotatable bonds is 12. The van der Waals surface area contributed by atoms with E-state index in [2.05, 4.69) is 12.2 Å². The molecule has 7 heteroatoms. The molecule has 3 rings (SSSR count). The second kappa shape index (κ2) is 12.6. The molecule has 0 aliphatic carbocycles. The maximum Gasteiger partial charge on any atom is 0.335 e. The van der Waals surface area contributed by atoms with E-state index in [9.17, 15) is 14.4 Å². The first-order chi connectivity index (χ1) is 16.5. The van der Waals surface area contributed by atoms with E-state index in [0.29, 0.717) is 36.0 Å². The minimum atomic E-state index is -0.771. The SMILES string of the molecule is CCCCCCCCOc1ccc(C=C2C(=O)NC(=O)N(c3ccccc3)C2=O)cc1OCC. The van der Waals surface area contributed by atoms with E-state index in [1.165, 1.54) is 31.8 Å². The first-order valence-corrected chi connectivity index (χ1v) is 11.9. The van der Waals surface area contributed by atoms with Crippen LogP contribution in [0.15, 0.2) is 54.1 Å². The van der Waals surface area contributed by atoms with Crippen LogP contribution in [0.25, 0.3) is 6.08 Å². The van der Waals surface area contributed by atoms with Gasteiger partial charge in [-0.3, -0.25) is 14.9 Å². The molecule has 0 spiro atoms. The van der Waals surface area contributed by atoms with Crippen molar-refractivity contribution in [2.24, 2.45) is 0 Å². The first-order valence-electron chi connectivity index (χ1n) is 11.9. The summed E-state index contributed by atoms with van der Waals surface area (Å²) in [5, 5.41) is 2.24. The summed E-state index contributed by atoms with van der Waals surface area (Å²) < 4.78 is 11.7. The highest BCUT2D eigenvalue weighted by atomic mass is 16.5. The molecule has 7 nitrogen and oxygen atoms in total. The molecule has 0 aromatic heterocycles. The lowest BCUT2D eigenvalue weighted by Gasteiger charge is -2.26. The summed E-state index contributed by atoms with van der Waals surface area (Å²) >= 11 is 0. The van der Waals surface area contributed by atoms with Gasteiger partial charge in [-0.25, -0.2) is 9.69 Å². The van der Waals surface area contributed by atoms with Crippen LogP contribution in [0.5, 0.6) is 11.5 Å². The maximum absolute atomic E-state index is 13.0. The van der Waals surface area contributed by atoms with Crippen molar-refractivity contribution >= 4 is 29.6 Å². The zero-order valence-electron chi connectivity index (χ0n) is 19.8. The molecule has 180 valence electrons. The third kappa shape index (κ3) is 6.47. The zero-order chi connectivity index (χ0) is 24.3. The number of carbonyl (C=O) groups is 3. The molecule has 1 aliphatic heterocycles. The van der Waals surface area contributed by atoms with E-state index in [0.717, 1.165) is 17.7 Å². The number of nitrogens with zero attached hydrogens (tertiary/aromatic N) is 1. The molecule has 1 aliphatic rings. The summed E-state index contributed by atoms with van der Waals surface area (Å²) in [6, 6.07) is 13.0. The van der Waals surface area contributed by atoms with Gasteiger partial charge in [0.15, 0.2) is 11.5 Å². The zero-order valence-corrected chi connectivity index (χ0v) is 19.8. The number of amides is 4. The molecule has 0 atom stereocenters. The van der Waals surface area contributed by atoms with Gasteiger partial charge in [0.25, 0.3) is 11.8 Å². The summed E-state index contributed by atoms with van der Waals surface area (Å²) in [6.45, 7) is 5.13. The predicted molar refractivity (Wildman–Crippen MR) is 132 cm³/mol. The molecule has 34 heavy (non-hydrogen) atoms. The van der Waals surface area contributed by atoms with Crippen LogP contribution in [0.1, 0.15) is 57.9 Å². The minimum Gasteiger partial charge on any atom is -0.490 e. The van der Waals surface area contributed by atoms with Crippen molar-refractivity contribution in [3.63, 3.8) is 0 Å². The molecular formula is C27H32N2O5. The minimum absolute atomic E-state index is 0.133. The van der Waals surface area contributed by atoms with Crippen molar-refractivity contribution in [2.45, 2.75) is 52.4 Å². The number of barbiturate groups is 1. The van der Waals surface area contributed by atoms with Crippen LogP contribution in [0.2, 0.25) is 0 Å². The van der Waals surface area contributed by atoms with E-state index < -0.39 is 17.8 Å².